The molecule has 2 heterocycles. The van der Waals surface area contributed by atoms with Gasteiger partial charge in [-0.2, -0.15) is 0 Å². The first kappa shape index (κ1) is 11.9. The summed E-state index contributed by atoms with van der Waals surface area (Å²) in [4.78, 5) is 10.3. The standard InChI is InChI=1S/C13H18N4S/c1-8(2)17-7-15-6-10(17)12(14)13-16-9-4-3-5-11(9)18-13/h6-8,12H,3-5,14H2,1-2H3. The number of imidazole rings is 1. The number of thiazole rings is 1. The summed E-state index contributed by atoms with van der Waals surface area (Å²) >= 11 is 1.77. The molecule has 2 N–H and O–H groups in total. The maximum absolute atomic E-state index is 6.35. The van der Waals surface area contributed by atoms with Gasteiger partial charge in [0.1, 0.15) is 5.01 Å². The van der Waals surface area contributed by atoms with Gasteiger partial charge in [0, 0.05) is 10.9 Å². The lowest BCUT2D eigenvalue weighted by Gasteiger charge is -2.15. The third kappa shape index (κ3) is 1.87. The Bertz CT molecular complexity index is 534. The van der Waals surface area contributed by atoms with Gasteiger partial charge in [-0.25, -0.2) is 9.97 Å². The van der Waals surface area contributed by atoms with Crippen molar-refractivity contribution in [2.45, 2.75) is 45.2 Å². The average Bonchev–Trinajstić information content (AvgIpc) is 3.02. The van der Waals surface area contributed by atoms with Crippen LogP contribution in [0.25, 0.3) is 0 Å². The highest BCUT2D eigenvalue weighted by molar-refractivity contribution is 7.11. The number of fused-ring (bicyclic) bond motifs is 1. The van der Waals surface area contributed by atoms with E-state index in [9.17, 15) is 0 Å². The molecule has 0 saturated heterocycles. The van der Waals surface area contributed by atoms with Gasteiger partial charge in [-0.15, -0.1) is 11.3 Å². The topological polar surface area (TPSA) is 56.7 Å². The van der Waals surface area contributed by atoms with E-state index in [2.05, 4.69) is 23.4 Å². The summed E-state index contributed by atoms with van der Waals surface area (Å²) in [6.45, 7) is 4.28. The molecule has 2 aromatic heterocycles. The first-order valence-corrected chi connectivity index (χ1v) is 7.24. The Hall–Kier alpha value is -1.20. The van der Waals surface area contributed by atoms with Gasteiger partial charge < -0.3 is 10.3 Å². The van der Waals surface area contributed by atoms with E-state index >= 15 is 0 Å². The Balaban J connectivity index is 1.93. The predicted molar refractivity (Wildman–Crippen MR) is 72.8 cm³/mol. The molecule has 2 aromatic rings. The number of hydrogen-bond acceptors (Lipinski definition) is 4. The van der Waals surface area contributed by atoms with Crippen LogP contribution in [0.4, 0.5) is 0 Å². The number of hydrogen-bond donors (Lipinski definition) is 1. The number of rotatable bonds is 3. The first-order valence-electron chi connectivity index (χ1n) is 6.42. The predicted octanol–water partition coefficient (Wildman–Crippen LogP) is 2.46. The van der Waals surface area contributed by atoms with E-state index in [1.165, 1.54) is 23.4 Å². The van der Waals surface area contributed by atoms with Gasteiger partial charge in [0.05, 0.1) is 30.0 Å². The van der Waals surface area contributed by atoms with E-state index < -0.39 is 0 Å². The molecule has 4 nitrogen and oxygen atoms in total. The Kier molecular flexibility index (Phi) is 2.95. The lowest BCUT2D eigenvalue weighted by molar-refractivity contribution is 0.559. The summed E-state index contributed by atoms with van der Waals surface area (Å²) in [5.41, 5.74) is 8.67. The van der Waals surface area contributed by atoms with Crippen LogP contribution in [0.3, 0.4) is 0 Å². The van der Waals surface area contributed by atoms with E-state index in [0.717, 1.165) is 17.1 Å². The Morgan fingerprint density at radius 3 is 2.94 bits per heavy atom. The zero-order chi connectivity index (χ0) is 12.7. The fraction of sp³-hybridized carbons (Fsp3) is 0.538. The van der Waals surface area contributed by atoms with Crippen LogP contribution in [-0.4, -0.2) is 14.5 Å². The van der Waals surface area contributed by atoms with E-state index in [0.29, 0.717) is 6.04 Å². The van der Waals surface area contributed by atoms with Crippen LogP contribution < -0.4 is 5.73 Å². The van der Waals surface area contributed by atoms with Crippen molar-refractivity contribution in [3.8, 4) is 0 Å². The second-order valence-electron chi connectivity index (χ2n) is 5.07. The lowest BCUT2D eigenvalue weighted by Crippen LogP contribution is -2.17. The second kappa shape index (κ2) is 4.48. The summed E-state index contributed by atoms with van der Waals surface area (Å²) in [7, 11) is 0. The maximum atomic E-state index is 6.35. The molecule has 1 aliphatic carbocycles. The lowest BCUT2D eigenvalue weighted by atomic mass is 10.2. The van der Waals surface area contributed by atoms with E-state index in [1.807, 2.05) is 12.5 Å². The normalized spacial score (nSPS) is 16.2. The van der Waals surface area contributed by atoms with E-state index in [4.69, 9.17) is 10.7 Å². The molecule has 96 valence electrons. The minimum absolute atomic E-state index is 0.148. The summed E-state index contributed by atoms with van der Waals surface area (Å²) in [5.74, 6) is 0. The average molecular weight is 262 g/mol. The Morgan fingerprint density at radius 2 is 2.22 bits per heavy atom. The van der Waals surface area contributed by atoms with Crippen LogP contribution in [0, 0.1) is 0 Å². The minimum atomic E-state index is -0.148. The number of nitrogens with zero attached hydrogens (tertiary/aromatic N) is 3. The van der Waals surface area contributed by atoms with Crippen LogP contribution in [0.15, 0.2) is 12.5 Å². The molecule has 0 fully saturated rings. The van der Waals surface area contributed by atoms with Crippen molar-refractivity contribution in [3.05, 3.63) is 33.8 Å². The molecule has 18 heavy (non-hydrogen) atoms. The third-order valence-electron chi connectivity index (χ3n) is 3.45. The smallest absolute Gasteiger partial charge is 0.116 e. The zero-order valence-corrected chi connectivity index (χ0v) is 11.6. The number of aryl methyl sites for hydroxylation is 2. The van der Waals surface area contributed by atoms with Crippen molar-refractivity contribution in [1.82, 2.24) is 14.5 Å². The molecule has 1 atom stereocenters. The van der Waals surface area contributed by atoms with Gasteiger partial charge in [0.2, 0.25) is 0 Å². The molecular formula is C13H18N4S. The Labute approximate surface area is 111 Å². The van der Waals surface area contributed by atoms with Gasteiger partial charge in [0.25, 0.3) is 0 Å². The Morgan fingerprint density at radius 1 is 1.39 bits per heavy atom. The highest BCUT2D eigenvalue weighted by atomic mass is 32.1. The number of aromatic nitrogens is 3. The molecule has 0 amide bonds. The zero-order valence-electron chi connectivity index (χ0n) is 10.8. The van der Waals surface area contributed by atoms with Gasteiger partial charge in [0.15, 0.2) is 0 Å². The van der Waals surface area contributed by atoms with Gasteiger partial charge in [-0.3, -0.25) is 0 Å². The summed E-state index contributed by atoms with van der Waals surface area (Å²) < 4.78 is 2.12. The molecule has 5 heteroatoms. The van der Waals surface area contributed by atoms with Crippen molar-refractivity contribution < 1.29 is 0 Å². The summed E-state index contributed by atoms with van der Waals surface area (Å²) in [6, 6.07) is 0.228. The number of nitrogens with two attached hydrogens (primary N) is 1. The van der Waals surface area contributed by atoms with Gasteiger partial charge in [-0.1, -0.05) is 0 Å². The van der Waals surface area contributed by atoms with Crippen molar-refractivity contribution in [2.24, 2.45) is 5.73 Å². The minimum Gasteiger partial charge on any atom is -0.330 e. The fourth-order valence-electron chi connectivity index (χ4n) is 2.46. The quantitative estimate of drug-likeness (QED) is 0.924. The summed E-state index contributed by atoms with van der Waals surface area (Å²) in [5, 5.41) is 1.03. The van der Waals surface area contributed by atoms with Crippen LogP contribution in [0.5, 0.6) is 0 Å². The van der Waals surface area contributed by atoms with Gasteiger partial charge >= 0.3 is 0 Å². The molecule has 1 aliphatic rings. The van der Waals surface area contributed by atoms with Crippen molar-refractivity contribution >= 4 is 11.3 Å². The molecule has 0 aromatic carbocycles. The van der Waals surface area contributed by atoms with E-state index in [-0.39, 0.29) is 6.04 Å². The monoisotopic (exact) mass is 262 g/mol. The molecule has 3 rings (SSSR count). The van der Waals surface area contributed by atoms with E-state index in [1.54, 1.807) is 11.3 Å². The molecule has 0 aliphatic heterocycles. The maximum Gasteiger partial charge on any atom is 0.116 e. The van der Waals surface area contributed by atoms with Crippen molar-refractivity contribution in [1.29, 1.82) is 0 Å². The van der Waals surface area contributed by atoms with Crippen LogP contribution >= 0.6 is 11.3 Å². The fourth-order valence-corrected chi connectivity index (χ4v) is 3.63. The largest absolute Gasteiger partial charge is 0.330 e. The van der Waals surface area contributed by atoms with Crippen molar-refractivity contribution in [2.75, 3.05) is 0 Å². The molecule has 1 unspecified atom stereocenters. The molecule has 0 spiro atoms. The highest BCUT2D eigenvalue weighted by Gasteiger charge is 2.23. The van der Waals surface area contributed by atoms with Crippen molar-refractivity contribution in [3.63, 3.8) is 0 Å². The van der Waals surface area contributed by atoms with Crippen LogP contribution in [0.2, 0.25) is 0 Å². The first-order chi connectivity index (χ1) is 8.66. The molecule has 0 saturated carbocycles. The van der Waals surface area contributed by atoms with Crippen LogP contribution in [-0.2, 0) is 12.8 Å². The third-order valence-corrected chi connectivity index (χ3v) is 4.69. The molecular weight excluding hydrogens is 244 g/mol. The summed E-state index contributed by atoms with van der Waals surface area (Å²) in [6.07, 6.45) is 7.23. The second-order valence-corrected chi connectivity index (χ2v) is 6.19. The SMILES string of the molecule is CC(C)n1cncc1C(N)c1nc2c(s1)CCC2. The molecule has 0 bridgehead atoms. The van der Waals surface area contributed by atoms with Crippen LogP contribution in [0.1, 0.15) is 53.6 Å². The molecule has 0 radical (unpaired) electrons. The highest BCUT2D eigenvalue weighted by Crippen LogP contribution is 2.32. The van der Waals surface area contributed by atoms with Gasteiger partial charge in [-0.05, 0) is 33.1 Å².